The van der Waals surface area contributed by atoms with Crippen molar-refractivity contribution in [1.82, 2.24) is 14.9 Å². The molecule has 2 rings (SSSR count). The highest BCUT2D eigenvalue weighted by molar-refractivity contribution is 7.89. The SMILES string of the molecule is CCNS(=O)(=O)c1ccc(C)c(C(=O)NCC(C)(C)N2CCCCC2)c1. The number of hydrogen-bond acceptors (Lipinski definition) is 4. The minimum absolute atomic E-state index is 0.116. The van der Waals surface area contributed by atoms with Crippen LogP contribution in [0.15, 0.2) is 23.1 Å². The van der Waals surface area contributed by atoms with E-state index in [9.17, 15) is 13.2 Å². The smallest absolute Gasteiger partial charge is 0.251 e. The molecule has 0 spiro atoms. The van der Waals surface area contributed by atoms with Crippen LogP contribution in [0.2, 0.25) is 0 Å². The van der Waals surface area contributed by atoms with E-state index in [0.717, 1.165) is 18.7 Å². The molecule has 1 amide bonds. The zero-order valence-corrected chi connectivity index (χ0v) is 17.1. The largest absolute Gasteiger partial charge is 0.350 e. The van der Waals surface area contributed by atoms with Gasteiger partial charge in [-0.15, -0.1) is 0 Å². The summed E-state index contributed by atoms with van der Waals surface area (Å²) in [6, 6.07) is 4.66. The predicted octanol–water partition coefficient (Wildman–Crippen LogP) is 2.29. The third kappa shape index (κ3) is 5.05. The lowest BCUT2D eigenvalue weighted by atomic mass is 9.98. The quantitative estimate of drug-likeness (QED) is 0.760. The van der Waals surface area contributed by atoms with Gasteiger partial charge in [-0.1, -0.05) is 19.4 Å². The van der Waals surface area contributed by atoms with Crippen LogP contribution in [-0.4, -0.2) is 50.9 Å². The molecule has 1 aliphatic rings. The summed E-state index contributed by atoms with van der Waals surface area (Å²) in [5, 5.41) is 2.99. The van der Waals surface area contributed by atoms with Crippen molar-refractivity contribution in [3.05, 3.63) is 29.3 Å². The van der Waals surface area contributed by atoms with Gasteiger partial charge in [0, 0.05) is 24.2 Å². The lowest BCUT2D eigenvalue weighted by molar-refractivity contribution is 0.0797. The van der Waals surface area contributed by atoms with Crippen molar-refractivity contribution in [2.75, 3.05) is 26.2 Å². The normalized spacial score (nSPS) is 16.5. The van der Waals surface area contributed by atoms with E-state index in [1.54, 1.807) is 13.0 Å². The van der Waals surface area contributed by atoms with Gasteiger partial charge in [0.1, 0.15) is 0 Å². The van der Waals surface area contributed by atoms with Gasteiger partial charge in [0.25, 0.3) is 5.91 Å². The van der Waals surface area contributed by atoms with Crippen LogP contribution < -0.4 is 10.0 Å². The highest BCUT2D eigenvalue weighted by Gasteiger charge is 2.28. The minimum atomic E-state index is -3.58. The fourth-order valence-corrected chi connectivity index (χ4v) is 4.36. The second-order valence-electron chi connectivity index (χ2n) is 7.52. The Labute approximate surface area is 157 Å². The summed E-state index contributed by atoms with van der Waals surface area (Å²) < 4.78 is 26.8. The summed E-state index contributed by atoms with van der Waals surface area (Å²) in [6.07, 6.45) is 3.66. The van der Waals surface area contributed by atoms with Gasteiger partial charge in [0.15, 0.2) is 0 Å². The Bertz CT molecular complexity index is 738. The number of rotatable bonds is 7. The molecule has 7 heteroatoms. The van der Waals surface area contributed by atoms with Crippen LogP contribution in [0.25, 0.3) is 0 Å². The van der Waals surface area contributed by atoms with Gasteiger partial charge >= 0.3 is 0 Å². The van der Waals surface area contributed by atoms with Crippen LogP contribution in [0.4, 0.5) is 0 Å². The molecular weight excluding hydrogens is 350 g/mol. The number of aryl methyl sites for hydroxylation is 1. The van der Waals surface area contributed by atoms with Crippen molar-refractivity contribution in [3.63, 3.8) is 0 Å². The van der Waals surface area contributed by atoms with Crippen molar-refractivity contribution < 1.29 is 13.2 Å². The summed E-state index contributed by atoms with van der Waals surface area (Å²) >= 11 is 0. The molecule has 0 aliphatic carbocycles. The van der Waals surface area contributed by atoms with Gasteiger partial charge in [-0.2, -0.15) is 0 Å². The molecule has 6 nitrogen and oxygen atoms in total. The Morgan fingerprint density at radius 3 is 2.46 bits per heavy atom. The fraction of sp³-hybridized carbons (Fsp3) is 0.632. The van der Waals surface area contributed by atoms with Crippen LogP contribution in [-0.2, 0) is 10.0 Å². The number of amides is 1. The molecule has 146 valence electrons. The Morgan fingerprint density at radius 2 is 1.85 bits per heavy atom. The van der Waals surface area contributed by atoms with Crippen LogP contribution in [0, 0.1) is 6.92 Å². The molecule has 0 unspecified atom stereocenters. The number of nitrogens with zero attached hydrogens (tertiary/aromatic N) is 1. The van der Waals surface area contributed by atoms with Crippen LogP contribution >= 0.6 is 0 Å². The van der Waals surface area contributed by atoms with Gasteiger partial charge in [0.05, 0.1) is 4.90 Å². The maximum atomic E-state index is 12.7. The summed E-state index contributed by atoms with van der Waals surface area (Å²) in [4.78, 5) is 15.2. The van der Waals surface area contributed by atoms with E-state index in [2.05, 4.69) is 28.8 Å². The molecule has 0 saturated carbocycles. The summed E-state index contributed by atoms with van der Waals surface area (Å²) in [5.41, 5.74) is 1.03. The first-order valence-electron chi connectivity index (χ1n) is 9.31. The third-order valence-corrected chi connectivity index (χ3v) is 6.54. The first-order valence-corrected chi connectivity index (χ1v) is 10.8. The molecule has 2 N–H and O–H groups in total. The highest BCUT2D eigenvalue weighted by atomic mass is 32.2. The number of benzene rings is 1. The Balaban J connectivity index is 2.11. The molecule has 1 aromatic carbocycles. The highest BCUT2D eigenvalue weighted by Crippen LogP contribution is 2.20. The molecule has 1 fully saturated rings. The van der Waals surface area contributed by atoms with E-state index in [1.165, 1.54) is 31.4 Å². The number of piperidine rings is 1. The molecule has 1 aromatic rings. The molecule has 1 heterocycles. The van der Waals surface area contributed by atoms with Crippen molar-refractivity contribution in [3.8, 4) is 0 Å². The van der Waals surface area contributed by atoms with Crippen LogP contribution in [0.1, 0.15) is 56.0 Å². The van der Waals surface area contributed by atoms with Crippen LogP contribution in [0.3, 0.4) is 0 Å². The maximum absolute atomic E-state index is 12.7. The summed E-state index contributed by atoms with van der Waals surface area (Å²) in [7, 11) is -3.58. The van der Waals surface area contributed by atoms with E-state index < -0.39 is 10.0 Å². The number of likely N-dealkylation sites (tertiary alicyclic amines) is 1. The van der Waals surface area contributed by atoms with Crippen molar-refractivity contribution >= 4 is 15.9 Å². The van der Waals surface area contributed by atoms with Crippen molar-refractivity contribution in [1.29, 1.82) is 0 Å². The number of nitrogens with one attached hydrogen (secondary N) is 2. The maximum Gasteiger partial charge on any atom is 0.251 e. The zero-order chi connectivity index (χ0) is 19.4. The van der Waals surface area contributed by atoms with E-state index in [1.807, 2.05) is 6.92 Å². The second-order valence-corrected chi connectivity index (χ2v) is 9.29. The molecule has 0 bridgehead atoms. The summed E-state index contributed by atoms with van der Waals surface area (Å²) in [5.74, 6) is -0.235. The van der Waals surface area contributed by atoms with Gasteiger partial charge in [-0.05, 0) is 64.4 Å². The summed E-state index contributed by atoms with van der Waals surface area (Å²) in [6.45, 7) is 10.7. The van der Waals surface area contributed by atoms with E-state index >= 15 is 0 Å². The molecule has 1 aliphatic heterocycles. The molecule has 0 aromatic heterocycles. The zero-order valence-electron chi connectivity index (χ0n) is 16.3. The van der Waals surface area contributed by atoms with Gasteiger partial charge < -0.3 is 5.32 Å². The Kier molecular flexibility index (Phi) is 6.82. The molecule has 26 heavy (non-hydrogen) atoms. The van der Waals surface area contributed by atoms with Gasteiger partial charge in [0.2, 0.25) is 10.0 Å². The van der Waals surface area contributed by atoms with Crippen molar-refractivity contribution in [2.45, 2.75) is 57.4 Å². The average molecular weight is 382 g/mol. The second kappa shape index (κ2) is 8.50. The minimum Gasteiger partial charge on any atom is -0.350 e. The number of carbonyl (C=O) groups excluding carboxylic acids is 1. The molecule has 0 atom stereocenters. The van der Waals surface area contributed by atoms with E-state index in [0.29, 0.717) is 18.7 Å². The third-order valence-electron chi connectivity index (χ3n) is 4.99. The van der Waals surface area contributed by atoms with Gasteiger partial charge in [-0.25, -0.2) is 13.1 Å². The fourth-order valence-electron chi connectivity index (χ4n) is 3.29. The molecule has 0 radical (unpaired) electrons. The monoisotopic (exact) mass is 381 g/mol. The predicted molar refractivity (Wildman–Crippen MR) is 104 cm³/mol. The number of hydrogen-bond donors (Lipinski definition) is 2. The lowest BCUT2D eigenvalue weighted by Crippen LogP contribution is -2.53. The molecular formula is C19H31N3O3S. The first-order chi connectivity index (χ1) is 12.2. The first kappa shape index (κ1) is 20.9. The number of carbonyl (C=O) groups is 1. The van der Waals surface area contributed by atoms with E-state index in [4.69, 9.17) is 0 Å². The van der Waals surface area contributed by atoms with Crippen molar-refractivity contribution in [2.24, 2.45) is 0 Å². The van der Waals surface area contributed by atoms with E-state index in [-0.39, 0.29) is 16.3 Å². The number of sulfonamides is 1. The topological polar surface area (TPSA) is 78.5 Å². The van der Waals surface area contributed by atoms with Crippen LogP contribution in [0.5, 0.6) is 0 Å². The van der Waals surface area contributed by atoms with Gasteiger partial charge in [-0.3, -0.25) is 9.69 Å². The standard InChI is InChI=1S/C19H31N3O3S/c1-5-21-26(24,25)16-10-9-15(2)17(13-16)18(23)20-14-19(3,4)22-11-7-6-8-12-22/h9-10,13,21H,5-8,11-12,14H2,1-4H3,(H,20,23). The lowest BCUT2D eigenvalue weighted by Gasteiger charge is -2.41. The average Bonchev–Trinajstić information content (AvgIpc) is 2.60. The Morgan fingerprint density at radius 1 is 1.19 bits per heavy atom. The molecule has 1 saturated heterocycles. The Hall–Kier alpha value is -1.44.